The van der Waals surface area contributed by atoms with Gasteiger partial charge >= 0.3 is 23.9 Å². The molecule has 0 saturated heterocycles. The Morgan fingerprint density at radius 2 is 0.719 bits per heavy atom. The molecule has 4 N–H and O–H groups in total. The molecule has 0 fully saturated rings. The van der Waals surface area contributed by atoms with Crippen LogP contribution in [0.15, 0.2) is 24.3 Å². The summed E-state index contributed by atoms with van der Waals surface area (Å²) in [7, 11) is 0. The Morgan fingerprint density at radius 3 is 0.906 bits per heavy atom. The summed E-state index contributed by atoms with van der Waals surface area (Å²) in [5.41, 5.74) is -0.253. The summed E-state index contributed by atoms with van der Waals surface area (Å²) < 4.78 is -1.47. The van der Waals surface area contributed by atoms with Crippen LogP contribution in [-0.4, -0.2) is 44.3 Å². The van der Waals surface area contributed by atoms with Crippen molar-refractivity contribution in [2.75, 3.05) is 0 Å². The highest BCUT2D eigenvalue weighted by Crippen LogP contribution is 2.54. The fourth-order valence-corrected chi connectivity index (χ4v) is 5.50. The molecule has 0 radical (unpaired) electrons. The third-order valence-electron chi connectivity index (χ3n) is 4.14. The summed E-state index contributed by atoms with van der Waals surface area (Å²) in [6.07, 6.45) is 0. The van der Waals surface area contributed by atoms with Gasteiger partial charge in [-0.15, -0.1) is 0 Å². The highest BCUT2D eigenvalue weighted by molar-refractivity contribution is 14.3. The van der Waals surface area contributed by atoms with Gasteiger partial charge in [-0.1, -0.05) is 0 Å². The first-order valence-corrected chi connectivity index (χ1v) is 14.4. The van der Waals surface area contributed by atoms with E-state index in [0.717, 1.165) is 0 Å². The molecule has 0 aromatic heterocycles. The number of alkyl halides is 6. The average Bonchev–Trinajstić information content (AvgIpc) is 2.63. The molecule has 0 saturated carbocycles. The van der Waals surface area contributed by atoms with Crippen molar-refractivity contribution in [3.63, 3.8) is 0 Å². The van der Waals surface area contributed by atoms with Gasteiger partial charge in [-0.05, 0) is 182 Å². The van der Waals surface area contributed by atoms with Crippen molar-refractivity contribution in [1.29, 1.82) is 0 Å². The Balaban J connectivity index is 3.16. The molecule has 0 heterocycles. The molecule has 0 spiro atoms. The van der Waals surface area contributed by atoms with Gasteiger partial charge in [-0.2, -0.15) is 0 Å². The van der Waals surface area contributed by atoms with E-state index in [1.54, 1.807) is 0 Å². The smallest absolute Gasteiger partial charge is 0.336 e. The maximum absolute atomic E-state index is 11.8. The third kappa shape index (κ3) is 6.47. The number of rotatable bonds is 7. The Kier molecular flexibility index (Phi) is 9.73. The summed E-state index contributed by atoms with van der Waals surface area (Å²) in [5.74, 6) is -5.74. The summed E-state index contributed by atoms with van der Waals surface area (Å²) in [5, 5.41) is 38.3. The largest absolute Gasteiger partial charge is 0.478 e. The predicted molar refractivity (Wildman–Crippen MR) is 167 cm³/mol. The van der Waals surface area contributed by atoms with Gasteiger partial charge in [0.1, 0.15) is -1.13 Å². The van der Waals surface area contributed by atoms with E-state index < -0.39 is 45.0 Å². The van der Waals surface area contributed by atoms with Crippen LogP contribution in [0.4, 0.5) is 0 Å². The van der Waals surface area contributed by atoms with Gasteiger partial charge in [0.25, 0.3) is 0 Å². The Hall–Kier alpha value is 0.700. The quantitative estimate of drug-likeness (QED) is 0.172. The van der Waals surface area contributed by atoms with Crippen molar-refractivity contribution in [3.05, 3.63) is 57.6 Å². The standard InChI is InChI=1S/C18H8I6O8/c19-17(20,21)11-3-9(15(29)30)7(13(25)26)1-5(11)6-2-8(14(27)28)10(16(31)32)4-12(6)18(22,23)24/h1-4H,(H,25,26)(H,27,28)(H,29,30)(H,31,32). The molecule has 0 atom stereocenters. The molecule has 0 aliphatic heterocycles. The Labute approximate surface area is 262 Å². The van der Waals surface area contributed by atoms with E-state index in [4.69, 9.17) is 0 Å². The summed E-state index contributed by atoms with van der Waals surface area (Å²) >= 11 is 12.3. The fraction of sp³-hybridized carbons (Fsp3) is 0.111. The molecule has 2 aromatic rings. The number of benzene rings is 2. The Morgan fingerprint density at radius 1 is 0.500 bits per heavy atom. The molecule has 170 valence electrons. The Bertz CT molecular complexity index is 1070. The minimum atomic E-state index is -1.46. The number of halogens is 6. The molecule has 0 aliphatic rings. The number of carboxylic acid groups (broad SMARTS) is 4. The zero-order valence-corrected chi connectivity index (χ0v) is 27.9. The van der Waals surface area contributed by atoms with E-state index in [-0.39, 0.29) is 0 Å². The molecule has 2 rings (SSSR count). The minimum Gasteiger partial charge on any atom is -0.478 e. The summed E-state index contributed by atoms with van der Waals surface area (Å²) in [6.45, 7) is 0. The summed E-state index contributed by atoms with van der Waals surface area (Å²) in [4.78, 5) is 47.1. The SMILES string of the molecule is O=C(O)c1cc(-c2cc(C(=O)O)c(C(=O)O)cc2C(I)(I)I)c(C(I)(I)I)cc1C(=O)O. The van der Waals surface area contributed by atoms with Gasteiger partial charge in [-0.25, -0.2) is 19.2 Å². The number of hydrogen-bond donors (Lipinski definition) is 4. The molecule has 14 heteroatoms. The summed E-state index contributed by atoms with van der Waals surface area (Å²) in [6, 6.07) is 4.92. The average molecular weight is 1110 g/mol. The normalized spacial score (nSPS) is 11.8. The first-order chi connectivity index (χ1) is 14.5. The molecule has 32 heavy (non-hydrogen) atoms. The van der Waals surface area contributed by atoms with E-state index >= 15 is 0 Å². The number of carboxylic acids is 4. The number of hydrogen-bond acceptors (Lipinski definition) is 4. The molecular weight excluding hydrogens is 1110 g/mol. The van der Waals surface area contributed by atoms with Crippen LogP contribution in [0.1, 0.15) is 52.6 Å². The van der Waals surface area contributed by atoms with Gasteiger partial charge in [0, 0.05) is 0 Å². The van der Waals surface area contributed by atoms with Crippen LogP contribution >= 0.6 is 136 Å². The lowest BCUT2D eigenvalue weighted by molar-refractivity contribution is 0.0651. The lowest BCUT2D eigenvalue weighted by Crippen LogP contribution is -2.15. The molecular formula is C18H8I6O8. The fourth-order valence-electron chi connectivity index (χ4n) is 2.82. The zero-order valence-electron chi connectivity index (χ0n) is 15.0. The van der Waals surface area contributed by atoms with E-state index in [0.29, 0.717) is 22.3 Å². The molecule has 2 aromatic carbocycles. The van der Waals surface area contributed by atoms with E-state index in [1.165, 1.54) is 24.3 Å². The van der Waals surface area contributed by atoms with Crippen LogP contribution in [0.2, 0.25) is 0 Å². The predicted octanol–water partition coefficient (Wildman–Crippen LogP) is 6.98. The molecule has 0 aliphatic carbocycles. The van der Waals surface area contributed by atoms with E-state index in [2.05, 4.69) is 136 Å². The van der Waals surface area contributed by atoms with E-state index in [1.807, 2.05) is 0 Å². The maximum Gasteiger partial charge on any atom is 0.336 e. The lowest BCUT2D eigenvalue weighted by atomic mass is 9.89. The second kappa shape index (κ2) is 10.8. The van der Waals surface area contributed by atoms with Crippen LogP contribution in [0.3, 0.4) is 0 Å². The molecule has 0 unspecified atom stereocenters. The van der Waals surface area contributed by atoms with Gasteiger partial charge in [0.05, 0.1) is 22.3 Å². The molecule has 8 nitrogen and oxygen atoms in total. The van der Waals surface area contributed by atoms with Crippen LogP contribution in [0.25, 0.3) is 11.1 Å². The van der Waals surface area contributed by atoms with Crippen molar-refractivity contribution in [1.82, 2.24) is 0 Å². The second-order valence-corrected chi connectivity index (χ2v) is 28.2. The van der Waals surface area contributed by atoms with Crippen LogP contribution in [0, 0.1) is 0 Å². The van der Waals surface area contributed by atoms with Gasteiger partial charge in [0.15, 0.2) is 0 Å². The third-order valence-corrected chi connectivity index (χ3v) is 7.62. The number of carbonyl (C=O) groups is 4. The van der Waals surface area contributed by atoms with Gasteiger partial charge in [-0.3, -0.25) is 0 Å². The van der Waals surface area contributed by atoms with Crippen LogP contribution in [0.5, 0.6) is 0 Å². The zero-order chi connectivity index (χ0) is 24.8. The van der Waals surface area contributed by atoms with Crippen molar-refractivity contribution in [2.24, 2.45) is 0 Å². The molecule has 0 bridgehead atoms. The van der Waals surface area contributed by atoms with Crippen molar-refractivity contribution in [2.45, 2.75) is -1.13 Å². The van der Waals surface area contributed by atoms with Gasteiger partial charge < -0.3 is 20.4 Å². The van der Waals surface area contributed by atoms with E-state index in [9.17, 15) is 39.6 Å². The number of aromatic carboxylic acids is 4. The van der Waals surface area contributed by atoms with Crippen molar-refractivity contribution in [3.8, 4) is 11.1 Å². The topological polar surface area (TPSA) is 149 Å². The maximum atomic E-state index is 11.8. The van der Waals surface area contributed by atoms with Crippen LogP contribution < -0.4 is 0 Å². The monoisotopic (exact) mass is 1110 g/mol. The minimum absolute atomic E-state index is 0.300. The van der Waals surface area contributed by atoms with Gasteiger partial charge in [0.2, 0.25) is 0 Å². The van der Waals surface area contributed by atoms with Crippen molar-refractivity contribution < 1.29 is 39.6 Å². The van der Waals surface area contributed by atoms with Crippen molar-refractivity contribution >= 4 is 159 Å². The molecule has 0 amide bonds. The highest BCUT2D eigenvalue weighted by Gasteiger charge is 2.34. The first-order valence-electron chi connectivity index (χ1n) is 7.90. The van der Waals surface area contributed by atoms with Crippen LogP contribution in [-0.2, 0) is -1.13 Å². The highest BCUT2D eigenvalue weighted by atomic mass is 127. The second-order valence-electron chi connectivity index (χ2n) is 6.10. The first kappa shape index (κ1) is 28.9. The lowest BCUT2D eigenvalue weighted by Gasteiger charge is -2.25.